The quantitative estimate of drug-likeness (QED) is 0.814. The van der Waals surface area contributed by atoms with Crippen molar-refractivity contribution in [3.63, 3.8) is 0 Å². The number of likely N-dealkylation sites (tertiary alicyclic amines) is 2. The van der Waals surface area contributed by atoms with E-state index in [9.17, 15) is 9.59 Å². The van der Waals surface area contributed by atoms with Gasteiger partial charge in [0.2, 0.25) is 5.91 Å². The van der Waals surface area contributed by atoms with Gasteiger partial charge in [-0.25, -0.2) is 4.98 Å². The number of hydrogen-bond donors (Lipinski definition) is 0. The topological polar surface area (TPSA) is 58.4 Å². The van der Waals surface area contributed by atoms with E-state index in [4.69, 9.17) is 0 Å². The molecule has 2 aliphatic heterocycles. The van der Waals surface area contributed by atoms with E-state index in [2.05, 4.69) is 23.7 Å². The fourth-order valence-electron chi connectivity index (χ4n) is 3.90. The third-order valence-corrected chi connectivity index (χ3v) is 5.76. The first-order valence-electron chi connectivity index (χ1n) is 9.48. The Labute approximate surface area is 149 Å². The van der Waals surface area contributed by atoms with Gasteiger partial charge in [0.1, 0.15) is 0 Å². The molecule has 0 aliphatic carbocycles. The summed E-state index contributed by atoms with van der Waals surface area (Å²) in [7, 11) is 1.92. The Morgan fingerprint density at radius 2 is 1.88 bits per heavy atom. The van der Waals surface area contributed by atoms with E-state index in [-0.39, 0.29) is 17.4 Å². The van der Waals surface area contributed by atoms with Gasteiger partial charge in [-0.2, -0.15) is 0 Å². The highest BCUT2D eigenvalue weighted by Gasteiger charge is 2.30. The molecule has 6 heteroatoms. The van der Waals surface area contributed by atoms with E-state index in [1.807, 2.05) is 11.9 Å². The first kappa shape index (κ1) is 18.1. The Bertz CT molecular complexity index is 662. The molecule has 138 valence electrons. The molecule has 0 bridgehead atoms. The number of hydrogen-bond acceptors (Lipinski definition) is 4. The highest BCUT2D eigenvalue weighted by atomic mass is 16.2. The van der Waals surface area contributed by atoms with Crippen molar-refractivity contribution in [3.05, 3.63) is 28.4 Å². The number of rotatable bonds is 5. The van der Waals surface area contributed by atoms with E-state index in [1.165, 1.54) is 0 Å². The van der Waals surface area contributed by atoms with Gasteiger partial charge in [0, 0.05) is 38.7 Å². The Morgan fingerprint density at radius 3 is 2.44 bits per heavy atom. The molecule has 1 aromatic rings. The number of likely N-dealkylation sites (N-methyl/N-ethyl adjacent to an activating group) is 1. The van der Waals surface area contributed by atoms with Gasteiger partial charge in [0.25, 0.3) is 5.56 Å². The highest BCUT2D eigenvalue weighted by molar-refractivity contribution is 5.78. The predicted octanol–water partition coefficient (Wildman–Crippen LogP) is 1.70. The lowest BCUT2D eigenvalue weighted by atomic mass is 9.96. The minimum atomic E-state index is 0.0622. The average molecular weight is 346 g/mol. The summed E-state index contributed by atoms with van der Waals surface area (Å²) in [5.41, 5.74) is 0.929. The molecule has 0 spiro atoms. The first-order chi connectivity index (χ1) is 11.9. The molecule has 1 atom stereocenters. The SMILES string of the molecule is CC(C)c1cc(=O)n(CC2CCN(CC3CCC(=O)N3C)CC2)cn1. The Balaban J connectivity index is 1.50. The monoisotopic (exact) mass is 346 g/mol. The zero-order valence-electron chi connectivity index (χ0n) is 15.6. The van der Waals surface area contributed by atoms with E-state index < -0.39 is 0 Å². The van der Waals surface area contributed by atoms with Crippen molar-refractivity contribution in [1.82, 2.24) is 19.4 Å². The van der Waals surface area contributed by atoms with Crippen LogP contribution in [0.25, 0.3) is 0 Å². The van der Waals surface area contributed by atoms with Gasteiger partial charge in [-0.1, -0.05) is 13.8 Å². The van der Waals surface area contributed by atoms with Crippen LogP contribution in [-0.4, -0.2) is 58.0 Å². The van der Waals surface area contributed by atoms with Gasteiger partial charge in [-0.3, -0.25) is 14.2 Å². The summed E-state index contributed by atoms with van der Waals surface area (Å²) in [6, 6.07) is 2.05. The maximum absolute atomic E-state index is 12.3. The second kappa shape index (κ2) is 7.68. The van der Waals surface area contributed by atoms with Crippen LogP contribution in [-0.2, 0) is 11.3 Å². The molecule has 0 N–H and O–H groups in total. The number of piperidine rings is 1. The maximum Gasteiger partial charge on any atom is 0.253 e. The third-order valence-electron chi connectivity index (χ3n) is 5.76. The van der Waals surface area contributed by atoms with E-state index >= 15 is 0 Å². The summed E-state index contributed by atoms with van der Waals surface area (Å²) in [4.78, 5) is 32.7. The fraction of sp³-hybridized carbons (Fsp3) is 0.737. The predicted molar refractivity (Wildman–Crippen MR) is 97.5 cm³/mol. The first-order valence-corrected chi connectivity index (χ1v) is 9.48. The summed E-state index contributed by atoms with van der Waals surface area (Å²) in [6.45, 7) is 7.96. The van der Waals surface area contributed by atoms with Crippen LogP contribution >= 0.6 is 0 Å². The van der Waals surface area contributed by atoms with Crippen molar-refractivity contribution < 1.29 is 4.79 Å². The second-order valence-electron chi connectivity index (χ2n) is 7.90. The van der Waals surface area contributed by atoms with Crippen molar-refractivity contribution in [2.24, 2.45) is 5.92 Å². The van der Waals surface area contributed by atoms with Crippen molar-refractivity contribution >= 4 is 5.91 Å². The molecule has 2 fully saturated rings. The van der Waals surface area contributed by atoms with Crippen molar-refractivity contribution in [1.29, 1.82) is 0 Å². The molecule has 1 amide bonds. The van der Waals surface area contributed by atoms with E-state index in [0.29, 0.717) is 18.4 Å². The van der Waals surface area contributed by atoms with Crippen LogP contribution in [0.4, 0.5) is 0 Å². The van der Waals surface area contributed by atoms with Gasteiger partial charge in [-0.05, 0) is 44.2 Å². The maximum atomic E-state index is 12.3. The number of nitrogens with zero attached hydrogens (tertiary/aromatic N) is 4. The van der Waals surface area contributed by atoms with Crippen molar-refractivity contribution in [3.8, 4) is 0 Å². The van der Waals surface area contributed by atoms with Crippen molar-refractivity contribution in [2.75, 3.05) is 26.7 Å². The molecular weight excluding hydrogens is 316 g/mol. The molecule has 6 nitrogen and oxygen atoms in total. The van der Waals surface area contributed by atoms with Gasteiger partial charge >= 0.3 is 0 Å². The molecule has 1 unspecified atom stereocenters. The van der Waals surface area contributed by atoms with Gasteiger partial charge in [0.15, 0.2) is 0 Å². The van der Waals surface area contributed by atoms with Crippen LogP contribution < -0.4 is 5.56 Å². The Kier molecular flexibility index (Phi) is 5.57. The van der Waals surface area contributed by atoms with E-state index in [1.54, 1.807) is 17.0 Å². The summed E-state index contributed by atoms with van der Waals surface area (Å²) >= 11 is 0. The molecule has 2 aliphatic rings. The number of carbonyl (C=O) groups is 1. The van der Waals surface area contributed by atoms with Crippen LogP contribution in [0.1, 0.15) is 51.1 Å². The Morgan fingerprint density at radius 1 is 1.16 bits per heavy atom. The van der Waals surface area contributed by atoms with Crippen LogP contribution in [0, 0.1) is 5.92 Å². The zero-order valence-corrected chi connectivity index (χ0v) is 15.6. The minimum Gasteiger partial charge on any atom is -0.341 e. The molecule has 0 radical (unpaired) electrons. The third kappa shape index (κ3) is 4.29. The molecular formula is C19H30N4O2. The normalized spacial score (nSPS) is 23.0. The van der Waals surface area contributed by atoms with Crippen LogP contribution in [0.3, 0.4) is 0 Å². The lowest BCUT2D eigenvalue weighted by Gasteiger charge is -2.35. The fourth-order valence-corrected chi connectivity index (χ4v) is 3.90. The number of amides is 1. The lowest BCUT2D eigenvalue weighted by molar-refractivity contribution is -0.127. The zero-order chi connectivity index (χ0) is 18.0. The molecule has 0 saturated carbocycles. The standard InChI is InChI=1S/C19H30N4O2/c1-14(2)17-10-19(25)23(13-20-17)11-15-6-8-22(9-7-15)12-16-4-5-18(24)21(16)3/h10,13-16H,4-9,11-12H2,1-3H3. The molecule has 3 rings (SSSR count). The van der Waals surface area contributed by atoms with Gasteiger partial charge in [0.05, 0.1) is 12.0 Å². The molecule has 3 heterocycles. The summed E-state index contributed by atoms with van der Waals surface area (Å²) in [6.07, 6.45) is 5.59. The minimum absolute atomic E-state index is 0.0622. The average Bonchev–Trinajstić information content (AvgIpc) is 2.90. The lowest BCUT2D eigenvalue weighted by Crippen LogP contribution is -2.44. The second-order valence-corrected chi connectivity index (χ2v) is 7.90. The molecule has 2 saturated heterocycles. The Hall–Kier alpha value is -1.69. The number of carbonyl (C=O) groups excluding carboxylic acids is 1. The van der Waals surface area contributed by atoms with Crippen LogP contribution in [0.2, 0.25) is 0 Å². The highest BCUT2D eigenvalue weighted by Crippen LogP contribution is 2.22. The molecule has 25 heavy (non-hydrogen) atoms. The van der Waals surface area contributed by atoms with Crippen molar-refractivity contribution in [2.45, 2.75) is 58.0 Å². The molecule has 1 aromatic heterocycles. The van der Waals surface area contributed by atoms with Gasteiger partial charge in [-0.15, -0.1) is 0 Å². The van der Waals surface area contributed by atoms with Crippen LogP contribution in [0.15, 0.2) is 17.2 Å². The van der Waals surface area contributed by atoms with E-state index in [0.717, 1.165) is 51.1 Å². The summed E-state index contributed by atoms with van der Waals surface area (Å²) < 4.78 is 1.76. The summed E-state index contributed by atoms with van der Waals surface area (Å²) in [5, 5.41) is 0. The van der Waals surface area contributed by atoms with Gasteiger partial charge < -0.3 is 9.80 Å². The largest absolute Gasteiger partial charge is 0.341 e. The number of aromatic nitrogens is 2. The molecule has 0 aromatic carbocycles. The smallest absolute Gasteiger partial charge is 0.253 e. The van der Waals surface area contributed by atoms with Crippen LogP contribution in [0.5, 0.6) is 0 Å². The summed E-state index contributed by atoms with van der Waals surface area (Å²) in [5.74, 6) is 1.09.